The molecule has 1 aliphatic heterocycles. The number of aliphatic hydroxyl groups excluding tert-OH is 2. The van der Waals surface area contributed by atoms with Gasteiger partial charge in [0.2, 0.25) is 0 Å². The smallest absolute Gasteiger partial charge is 0.142 e. The number of rotatable bonds is 5. The van der Waals surface area contributed by atoms with E-state index in [9.17, 15) is 10.2 Å². The summed E-state index contributed by atoms with van der Waals surface area (Å²) in [7, 11) is 4.94. The second-order valence-electron chi connectivity index (χ2n) is 4.44. The molecule has 1 heterocycles. The highest BCUT2D eigenvalue weighted by Gasteiger charge is 2.55. The van der Waals surface area contributed by atoms with Gasteiger partial charge in [-0.3, -0.25) is 0 Å². The van der Waals surface area contributed by atoms with Gasteiger partial charge in [-0.2, -0.15) is 0 Å². The van der Waals surface area contributed by atoms with Gasteiger partial charge in [0.1, 0.15) is 25.7 Å². The predicted octanol–water partition coefficient (Wildman–Crippen LogP) is -1.63. The van der Waals surface area contributed by atoms with Gasteiger partial charge in [0.25, 0.3) is 0 Å². The molecule has 0 saturated carbocycles. The molecule has 16 heavy (non-hydrogen) atoms. The Morgan fingerprint density at radius 1 is 1.50 bits per heavy atom. The Kier molecular flexibility index (Phi) is 4.76. The van der Waals surface area contributed by atoms with Gasteiger partial charge in [-0.05, 0) is 0 Å². The van der Waals surface area contributed by atoms with E-state index >= 15 is 0 Å². The van der Waals surface area contributed by atoms with Crippen LogP contribution in [0, 0.1) is 5.92 Å². The summed E-state index contributed by atoms with van der Waals surface area (Å²) in [5.41, 5.74) is -0.990. The lowest BCUT2D eigenvalue weighted by atomic mass is 9.82. The van der Waals surface area contributed by atoms with Crippen molar-refractivity contribution in [1.82, 2.24) is 0 Å². The van der Waals surface area contributed by atoms with Crippen LogP contribution in [-0.4, -0.2) is 69.3 Å². The molecule has 5 atom stereocenters. The minimum absolute atomic E-state index is 0.111. The largest absolute Gasteiger partial charge is 0.393 e. The lowest BCUT2D eigenvalue weighted by Gasteiger charge is -2.36. The number of aliphatic hydroxyl groups is 2. The van der Waals surface area contributed by atoms with E-state index < -0.39 is 17.8 Å². The van der Waals surface area contributed by atoms with Crippen molar-refractivity contribution in [2.45, 2.75) is 30.7 Å². The zero-order valence-electron chi connectivity index (χ0n) is 10.3. The Morgan fingerprint density at radius 3 is 2.50 bits per heavy atom. The topological polar surface area (TPSA) is 68.2 Å². The van der Waals surface area contributed by atoms with Crippen LogP contribution < -0.4 is 0 Å². The number of methoxy groups -OCH3 is 2. The molecule has 0 amide bonds. The maximum atomic E-state index is 10.2. The van der Waals surface area contributed by atoms with Crippen molar-refractivity contribution in [3.05, 3.63) is 0 Å². The molecule has 1 rings (SSSR count). The van der Waals surface area contributed by atoms with E-state index in [1.54, 1.807) is 7.11 Å². The van der Waals surface area contributed by atoms with Crippen LogP contribution in [0.1, 0.15) is 6.92 Å². The number of hydrogen-bond donors (Lipinski definition) is 2. The first-order valence-corrected chi connectivity index (χ1v) is 5.52. The Balaban J connectivity index is 2.88. The van der Waals surface area contributed by atoms with Crippen LogP contribution in [0.4, 0.5) is 0 Å². The number of hydrogen-bond acceptors (Lipinski definition) is 5. The van der Waals surface area contributed by atoms with E-state index in [-0.39, 0.29) is 18.5 Å². The molecule has 1 aliphatic rings. The summed E-state index contributed by atoms with van der Waals surface area (Å²) in [6.45, 7) is 2.05. The van der Waals surface area contributed by atoms with Crippen LogP contribution in [0.15, 0.2) is 0 Å². The van der Waals surface area contributed by atoms with Crippen molar-refractivity contribution >= 4 is 7.85 Å². The van der Waals surface area contributed by atoms with Gasteiger partial charge in [-0.25, -0.2) is 0 Å². The second kappa shape index (κ2) is 5.47. The lowest BCUT2D eigenvalue weighted by molar-refractivity contribution is -0.143. The molecule has 6 heteroatoms. The Morgan fingerprint density at radius 2 is 2.12 bits per heavy atom. The van der Waals surface area contributed by atoms with Gasteiger partial charge in [-0.15, -0.1) is 0 Å². The summed E-state index contributed by atoms with van der Waals surface area (Å²) in [5, 5.41) is 19.7. The van der Waals surface area contributed by atoms with Crippen LogP contribution in [0.3, 0.4) is 0 Å². The fourth-order valence-corrected chi connectivity index (χ4v) is 2.42. The van der Waals surface area contributed by atoms with Gasteiger partial charge >= 0.3 is 0 Å². The zero-order chi connectivity index (χ0) is 12.3. The standard InChI is InChI=1S/C10H21BO5/c1-6(4-14-2)10(5-12)8(13)7(15-3)9(11)16-10/h6-9,12-13H,4-5,11H2,1-3H3/t6-,7+,8-,9+,10-/m0/s1. The molecule has 0 aromatic carbocycles. The molecule has 1 saturated heterocycles. The van der Waals surface area contributed by atoms with Crippen LogP contribution in [0.2, 0.25) is 0 Å². The van der Waals surface area contributed by atoms with Crippen LogP contribution >= 0.6 is 0 Å². The fraction of sp³-hybridized carbons (Fsp3) is 1.00. The summed E-state index contributed by atoms with van der Waals surface area (Å²) < 4.78 is 16.0. The van der Waals surface area contributed by atoms with Crippen molar-refractivity contribution < 1.29 is 24.4 Å². The van der Waals surface area contributed by atoms with E-state index in [4.69, 9.17) is 14.2 Å². The van der Waals surface area contributed by atoms with Crippen LogP contribution in [0.5, 0.6) is 0 Å². The van der Waals surface area contributed by atoms with Crippen molar-refractivity contribution in [1.29, 1.82) is 0 Å². The molecule has 0 aromatic rings. The molecular formula is C10H21BO5. The molecule has 2 N–H and O–H groups in total. The van der Waals surface area contributed by atoms with E-state index in [0.29, 0.717) is 6.61 Å². The lowest BCUT2D eigenvalue weighted by Crippen LogP contribution is -2.52. The van der Waals surface area contributed by atoms with Gasteiger partial charge in [0.05, 0.1) is 19.2 Å². The van der Waals surface area contributed by atoms with Gasteiger partial charge in [0, 0.05) is 20.1 Å². The molecule has 0 aliphatic carbocycles. The first-order valence-electron chi connectivity index (χ1n) is 5.52. The van der Waals surface area contributed by atoms with Gasteiger partial charge in [0.15, 0.2) is 0 Å². The molecule has 0 radical (unpaired) electrons. The third-order valence-electron chi connectivity index (χ3n) is 3.45. The highest BCUT2D eigenvalue weighted by Crippen LogP contribution is 2.37. The van der Waals surface area contributed by atoms with Crippen molar-refractivity contribution in [2.24, 2.45) is 5.92 Å². The molecule has 94 valence electrons. The molecule has 0 unspecified atom stereocenters. The normalized spacial score (nSPS) is 41.2. The molecule has 5 nitrogen and oxygen atoms in total. The molecule has 0 bridgehead atoms. The average Bonchev–Trinajstić information content (AvgIpc) is 2.51. The van der Waals surface area contributed by atoms with E-state index in [0.717, 1.165) is 0 Å². The van der Waals surface area contributed by atoms with Crippen molar-refractivity contribution in [3.63, 3.8) is 0 Å². The van der Waals surface area contributed by atoms with Crippen LogP contribution in [0.25, 0.3) is 0 Å². The van der Waals surface area contributed by atoms with E-state index in [2.05, 4.69) is 0 Å². The third kappa shape index (κ3) is 2.12. The molecule has 0 aromatic heterocycles. The number of ether oxygens (including phenoxy) is 3. The maximum Gasteiger partial charge on any atom is 0.142 e. The zero-order valence-corrected chi connectivity index (χ0v) is 10.3. The second-order valence-corrected chi connectivity index (χ2v) is 4.44. The predicted molar refractivity (Wildman–Crippen MR) is 61.1 cm³/mol. The SMILES string of the molecule is B[C@@H]1O[C@@](CO)([C@@H](C)COC)[C@@H](O)[C@H]1OC. The fourth-order valence-electron chi connectivity index (χ4n) is 2.42. The maximum absolute atomic E-state index is 10.2. The van der Waals surface area contributed by atoms with Crippen molar-refractivity contribution in [3.8, 4) is 0 Å². The first kappa shape index (κ1) is 13.9. The summed E-state index contributed by atoms with van der Waals surface area (Å²) in [6, 6.07) is -0.244. The molecule has 1 fully saturated rings. The Hall–Kier alpha value is -0.135. The summed E-state index contributed by atoms with van der Waals surface area (Å²) in [5.74, 6) is -0.111. The third-order valence-corrected chi connectivity index (χ3v) is 3.45. The first-order chi connectivity index (χ1) is 7.53. The average molecular weight is 232 g/mol. The minimum atomic E-state index is -0.990. The highest BCUT2D eigenvalue weighted by molar-refractivity contribution is 6.11. The Labute approximate surface area is 97.1 Å². The van der Waals surface area contributed by atoms with Crippen LogP contribution in [-0.2, 0) is 14.2 Å². The summed E-state index contributed by atoms with van der Waals surface area (Å²) >= 11 is 0. The van der Waals surface area contributed by atoms with Gasteiger partial charge < -0.3 is 24.4 Å². The van der Waals surface area contributed by atoms with Gasteiger partial charge in [-0.1, -0.05) is 6.92 Å². The Bertz CT molecular complexity index is 227. The highest BCUT2D eigenvalue weighted by atomic mass is 16.6. The van der Waals surface area contributed by atoms with E-state index in [1.807, 2.05) is 14.8 Å². The quantitative estimate of drug-likeness (QED) is 0.557. The minimum Gasteiger partial charge on any atom is -0.393 e. The molecular weight excluding hydrogens is 211 g/mol. The van der Waals surface area contributed by atoms with Crippen molar-refractivity contribution in [2.75, 3.05) is 27.4 Å². The monoisotopic (exact) mass is 232 g/mol. The van der Waals surface area contributed by atoms with E-state index in [1.165, 1.54) is 7.11 Å². The summed E-state index contributed by atoms with van der Waals surface area (Å²) in [4.78, 5) is 0. The summed E-state index contributed by atoms with van der Waals surface area (Å²) in [6.07, 6.45) is -1.26. The molecule has 0 spiro atoms.